The van der Waals surface area contributed by atoms with E-state index in [4.69, 9.17) is 22.1 Å². The molecule has 1 aromatic heterocycles. The van der Waals surface area contributed by atoms with Gasteiger partial charge in [-0.1, -0.05) is 0 Å². The summed E-state index contributed by atoms with van der Waals surface area (Å²) in [5.41, 5.74) is 5.34. The number of carbonyl (C=O) groups is 1. The van der Waals surface area contributed by atoms with Crippen molar-refractivity contribution in [3.63, 3.8) is 0 Å². The number of nitrogens with zero attached hydrogens (tertiary/aromatic N) is 4. The minimum absolute atomic E-state index is 0.0403. The Morgan fingerprint density at radius 3 is 3.00 bits per heavy atom. The second-order valence-electron chi connectivity index (χ2n) is 3.87. The summed E-state index contributed by atoms with van der Waals surface area (Å²) in [7, 11) is 0. The van der Waals surface area contributed by atoms with Crippen LogP contribution in [0.4, 0.5) is 5.95 Å². The molecule has 1 amide bonds. The lowest BCUT2D eigenvalue weighted by Gasteiger charge is -2.21. The van der Waals surface area contributed by atoms with Crippen molar-refractivity contribution in [1.29, 1.82) is 0 Å². The molecule has 0 saturated carbocycles. The number of rotatable bonds is 4. The van der Waals surface area contributed by atoms with Crippen LogP contribution in [0.5, 0.6) is 6.01 Å². The van der Waals surface area contributed by atoms with Crippen LogP contribution in [0.1, 0.15) is 19.8 Å². The molecule has 0 bridgehead atoms. The van der Waals surface area contributed by atoms with Crippen LogP contribution in [0.25, 0.3) is 0 Å². The minimum Gasteiger partial charge on any atom is -0.464 e. The van der Waals surface area contributed by atoms with E-state index in [2.05, 4.69) is 15.0 Å². The second kappa shape index (κ2) is 5.34. The highest BCUT2D eigenvalue weighted by Crippen LogP contribution is 2.24. The molecule has 18 heavy (non-hydrogen) atoms. The number of ether oxygens (including phenoxy) is 1. The first kappa shape index (κ1) is 12.8. The fourth-order valence-corrected chi connectivity index (χ4v) is 2.09. The van der Waals surface area contributed by atoms with Gasteiger partial charge in [0.25, 0.3) is 0 Å². The Hall–Kier alpha value is -1.63. The zero-order valence-corrected chi connectivity index (χ0v) is 10.7. The van der Waals surface area contributed by atoms with E-state index in [0.717, 1.165) is 6.42 Å². The molecule has 1 atom stereocenters. The molecular weight excluding hydrogens is 258 g/mol. The maximum atomic E-state index is 11.3. The van der Waals surface area contributed by atoms with Gasteiger partial charge in [0, 0.05) is 6.54 Å². The van der Waals surface area contributed by atoms with Gasteiger partial charge in [-0.15, -0.1) is 0 Å². The number of amides is 1. The van der Waals surface area contributed by atoms with Crippen LogP contribution >= 0.6 is 11.6 Å². The topological polar surface area (TPSA) is 94.2 Å². The summed E-state index contributed by atoms with van der Waals surface area (Å²) in [6, 6.07) is -0.236. The summed E-state index contributed by atoms with van der Waals surface area (Å²) in [6.07, 6.45) is 1.56. The predicted molar refractivity (Wildman–Crippen MR) is 65.6 cm³/mol. The Morgan fingerprint density at radius 1 is 1.56 bits per heavy atom. The first-order chi connectivity index (χ1) is 8.61. The van der Waals surface area contributed by atoms with E-state index in [9.17, 15) is 4.79 Å². The molecule has 2 N–H and O–H groups in total. The average molecular weight is 272 g/mol. The van der Waals surface area contributed by atoms with Crippen LogP contribution in [0, 0.1) is 0 Å². The van der Waals surface area contributed by atoms with E-state index in [1.807, 2.05) is 6.92 Å². The standard InChI is InChI=1S/C10H14ClN5O2/c1-2-18-10-14-8(11)13-9(15-10)16-5-3-4-6(16)7(12)17/h6H,2-5H2,1H3,(H2,12,17). The van der Waals surface area contributed by atoms with Crippen molar-refractivity contribution in [2.24, 2.45) is 5.73 Å². The molecule has 1 unspecified atom stereocenters. The van der Waals surface area contributed by atoms with E-state index in [-0.39, 0.29) is 17.2 Å². The van der Waals surface area contributed by atoms with Gasteiger partial charge in [-0.2, -0.15) is 15.0 Å². The lowest BCUT2D eigenvalue weighted by atomic mass is 10.2. The van der Waals surface area contributed by atoms with Crippen molar-refractivity contribution in [3.8, 4) is 6.01 Å². The van der Waals surface area contributed by atoms with E-state index in [1.165, 1.54) is 0 Å². The monoisotopic (exact) mass is 271 g/mol. The third kappa shape index (κ3) is 2.61. The van der Waals surface area contributed by atoms with Crippen LogP contribution in [-0.4, -0.2) is 40.1 Å². The van der Waals surface area contributed by atoms with Gasteiger partial charge in [-0.25, -0.2) is 0 Å². The number of anilines is 1. The molecule has 1 aliphatic heterocycles. The first-order valence-electron chi connectivity index (χ1n) is 5.72. The van der Waals surface area contributed by atoms with E-state index in [0.29, 0.717) is 25.5 Å². The fraction of sp³-hybridized carbons (Fsp3) is 0.600. The van der Waals surface area contributed by atoms with Crippen LogP contribution in [-0.2, 0) is 4.79 Å². The summed E-state index contributed by atoms with van der Waals surface area (Å²) < 4.78 is 5.19. The van der Waals surface area contributed by atoms with Gasteiger partial charge in [0.15, 0.2) is 0 Å². The lowest BCUT2D eigenvalue weighted by molar-refractivity contribution is -0.119. The quantitative estimate of drug-likeness (QED) is 0.851. The number of primary amides is 1. The third-order valence-corrected chi connectivity index (χ3v) is 2.86. The zero-order valence-electron chi connectivity index (χ0n) is 9.97. The summed E-state index contributed by atoms with van der Waals surface area (Å²) in [5.74, 6) is -0.0539. The lowest BCUT2D eigenvalue weighted by Crippen LogP contribution is -2.41. The Morgan fingerprint density at radius 2 is 2.33 bits per heavy atom. The smallest absolute Gasteiger partial charge is 0.322 e. The Kier molecular flexibility index (Phi) is 3.81. The largest absolute Gasteiger partial charge is 0.464 e. The molecule has 1 saturated heterocycles. The van der Waals surface area contributed by atoms with Crippen molar-refractivity contribution in [2.75, 3.05) is 18.1 Å². The van der Waals surface area contributed by atoms with Crippen molar-refractivity contribution >= 4 is 23.5 Å². The van der Waals surface area contributed by atoms with E-state index < -0.39 is 6.04 Å². The molecule has 7 nitrogen and oxygen atoms in total. The Labute approximate surface area is 109 Å². The maximum Gasteiger partial charge on any atom is 0.322 e. The number of hydrogen-bond donors (Lipinski definition) is 1. The summed E-state index contributed by atoms with van der Waals surface area (Å²) in [4.78, 5) is 25.0. The van der Waals surface area contributed by atoms with Crippen molar-refractivity contribution in [2.45, 2.75) is 25.8 Å². The van der Waals surface area contributed by atoms with Gasteiger partial charge in [0.05, 0.1) is 6.61 Å². The first-order valence-corrected chi connectivity index (χ1v) is 6.10. The maximum absolute atomic E-state index is 11.3. The highest BCUT2D eigenvalue weighted by molar-refractivity contribution is 6.28. The fourth-order valence-electron chi connectivity index (χ4n) is 1.95. The molecule has 0 spiro atoms. The van der Waals surface area contributed by atoms with Gasteiger partial charge in [-0.05, 0) is 31.4 Å². The van der Waals surface area contributed by atoms with E-state index >= 15 is 0 Å². The average Bonchev–Trinajstić information content (AvgIpc) is 2.77. The molecule has 0 aliphatic carbocycles. The Bertz CT molecular complexity index is 456. The van der Waals surface area contributed by atoms with Gasteiger partial charge in [0.2, 0.25) is 17.1 Å². The molecule has 8 heteroatoms. The highest BCUT2D eigenvalue weighted by Gasteiger charge is 2.31. The van der Waals surface area contributed by atoms with Gasteiger partial charge in [0.1, 0.15) is 6.04 Å². The number of carbonyl (C=O) groups excluding carboxylic acids is 1. The molecule has 1 aliphatic rings. The SMILES string of the molecule is CCOc1nc(Cl)nc(N2CCCC2C(N)=O)n1. The molecule has 1 fully saturated rings. The normalized spacial score (nSPS) is 19.0. The molecule has 2 heterocycles. The zero-order chi connectivity index (χ0) is 13.1. The molecule has 0 aromatic carbocycles. The van der Waals surface area contributed by atoms with Crippen LogP contribution < -0.4 is 15.4 Å². The van der Waals surface area contributed by atoms with Crippen LogP contribution in [0.15, 0.2) is 0 Å². The summed E-state index contributed by atoms with van der Waals surface area (Å²) >= 11 is 5.81. The number of aromatic nitrogens is 3. The Balaban J connectivity index is 2.29. The highest BCUT2D eigenvalue weighted by atomic mass is 35.5. The molecular formula is C10H14ClN5O2. The van der Waals surface area contributed by atoms with Crippen molar-refractivity contribution < 1.29 is 9.53 Å². The minimum atomic E-state index is -0.391. The predicted octanol–water partition coefficient (Wildman–Crippen LogP) is 0.378. The summed E-state index contributed by atoms with van der Waals surface area (Å²) in [6.45, 7) is 2.91. The molecule has 0 radical (unpaired) electrons. The molecule has 1 aromatic rings. The van der Waals surface area contributed by atoms with Crippen molar-refractivity contribution in [3.05, 3.63) is 5.28 Å². The number of halogens is 1. The van der Waals surface area contributed by atoms with Crippen molar-refractivity contribution in [1.82, 2.24) is 15.0 Å². The van der Waals surface area contributed by atoms with Gasteiger partial charge in [-0.3, -0.25) is 4.79 Å². The summed E-state index contributed by atoms with van der Waals surface area (Å²) in [5, 5.41) is 0.0403. The molecule has 2 rings (SSSR count). The second-order valence-corrected chi connectivity index (χ2v) is 4.21. The molecule has 98 valence electrons. The van der Waals surface area contributed by atoms with E-state index in [1.54, 1.807) is 4.90 Å². The third-order valence-electron chi connectivity index (χ3n) is 2.69. The van der Waals surface area contributed by atoms with Gasteiger partial charge >= 0.3 is 6.01 Å². The number of nitrogens with two attached hydrogens (primary N) is 1. The van der Waals surface area contributed by atoms with Gasteiger partial charge < -0.3 is 15.4 Å². The van der Waals surface area contributed by atoms with Crippen LogP contribution in [0.3, 0.4) is 0 Å². The number of hydrogen-bond acceptors (Lipinski definition) is 6. The van der Waals surface area contributed by atoms with Crippen LogP contribution in [0.2, 0.25) is 5.28 Å².